The molecule has 1 aliphatic rings. The number of rotatable bonds is 5. The third kappa shape index (κ3) is 3.70. The molecule has 0 amide bonds. The van der Waals surface area contributed by atoms with Crippen molar-refractivity contribution in [3.63, 3.8) is 0 Å². The van der Waals surface area contributed by atoms with Gasteiger partial charge in [-0.2, -0.15) is 0 Å². The Balaban J connectivity index is 1.55. The van der Waals surface area contributed by atoms with E-state index >= 15 is 0 Å². The zero-order chi connectivity index (χ0) is 15.4. The number of hydrogen-bond donors (Lipinski definition) is 1. The molecule has 1 aliphatic heterocycles. The molecule has 118 valence electrons. The molecule has 1 aromatic carbocycles. The molecule has 1 saturated heterocycles. The number of aryl methyl sites for hydroxylation is 1. The van der Waals surface area contributed by atoms with Crippen LogP contribution in [-0.2, 0) is 6.42 Å². The van der Waals surface area contributed by atoms with Gasteiger partial charge in [-0.3, -0.25) is 0 Å². The first-order valence-electron chi connectivity index (χ1n) is 8.09. The van der Waals surface area contributed by atoms with Crippen molar-refractivity contribution in [2.24, 2.45) is 0 Å². The minimum Gasteiger partial charge on any atom is -0.508 e. The molecule has 0 unspecified atom stereocenters. The lowest BCUT2D eigenvalue weighted by molar-refractivity contribution is 0.153. The number of phenolic OH excluding ortho intramolecular Hbond substituents is 1. The maximum absolute atomic E-state index is 9.41. The molecule has 0 saturated carbocycles. The number of benzene rings is 1. The molecule has 22 heavy (non-hydrogen) atoms. The van der Waals surface area contributed by atoms with E-state index < -0.39 is 0 Å². The fraction of sp³-hybridized carbons (Fsp3) is 0.444. The SMILES string of the molecule is CN1CCN(CCCc2cccn2-c2ccc(O)cc2)CC1. The van der Waals surface area contributed by atoms with E-state index in [1.54, 1.807) is 12.1 Å². The molecule has 0 radical (unpaired) electrons. The maximum atomic E-state index is 9.41. The third-order valence-corrected chi connectivity index (χ3v) is 4.46. The smallest absolute Gasteiger partial charge is 0.115 e. The summed E-state index contributed by atoms with van der Waals surface area (Å²) in [5.74, 6) is 0.313. The number of aromatic hydroxyl groups is 1. The summed E-state index contributed by atoms with van der Waals surface area (Å²) in [4.78, 5) is 4.96. The lowest BCUT2D eigenvalue weighted by Crippen LogP contribution is -2.44. The van der Waals surface area contributed by atoms with E-state index in [0.29, 0.717) is 5.75 Å². The Morgan fingerprint density at radius 3 is 2.45 bits per heavy atom. The second-order valence-corrected chi connectivity index (χ2v) is 6.13. The highest BCUT2D eigenvalue weighted by Gasteiger charge is 2.13. The molecular weight excluding hydrogens is 274 g/mol. The van der Waals surface area contributed by atoms with Crippen LogP contribution in [0.4, 0.5) is 0 Å². The van der Waals surface area contributed by atoms with Gasteiger partial charge in [0.1, 0.15) is 5.75 Å². The monoisotopic (exact) mass is 299 g/mol. The van der Waals surface area contributed by atoms with Crippen molar-refractivity contribution in [2.45, 2.75) is 12.8 Å². The van der Waals surface area contributed by atoms with Crippen molar-refractivity contribution >= 4 is 0 Å². The van der Waals surface area contributed by atoms with Gasteiger partial charge < -0.3 is 19.5 Å². The van der Waals surface area contributed by atoms with Gasteiger partial charge in [-0.15, -0.1) is 0 Å². The summed E-state index contributed by atoms with van der Waals surface area (Å²) in [6, 6.07) is 11.7. The van der Waals surface area contributed by atoms with E-state index in [1.807, 2.05) is 12.1 Å². The van der Waals surface area contributed by atoms with Gasteiger partial charge in [-0.1, -0.05) is 0 Å². The van der Waals surface area contributed by atoms with Crippen LogP contribution in [-0.4, -0.2) is 59.2 Å². The van der Waals surface area contributed by atoms with E-state index in [1.165, 1.54) is 44.8 Å². The molecule has 3 rings (SSSR count). The number of aromatic nitrogens is 1. The number of nitrogens with zero attached hydrogens (tertiary/aromatic N) is 3. The van der Waals surface area contributed by atoms with Gasteiger partial charge in [0, 0.05) is 43.8 Å². The van der Waals surface area contributed by atoms with Crippen LogP contribution in [0.1, 0.15) is 12.1 Å². The standard InChI is InChI=1S/C18H25N3O/c1-19-12-14-20(15-13-19)10-2-4-16-5-3-11-21(16)17-6-8-18(22)9-7-17/h3,5-9,11,22H,2,4,10,12-15H2,1H3. The van der Waals surface area contributed by atoms with Crippen molar-refractivity contribution < 1.29 is 5.11 Å². The van der Waals surface area contributed by atoms with Crippen molar-refractivity contribution in [3.8, 4) is 11.4 Å². The van der Waals surface area contributed by atoms with E-state index in [0.717, 1.165) is 12.1 Å². The molecule has 1 aromatic heterocycles. The Hall–Kier alpha value is -1.78. The van der Waals surface area contributed by atoms with Gasteiger partial charge in [0.05, 0.1) is 0 Å². The topological polar surface area (TPSA) is 31.6 Å². The summed E-state index contributed by atoms with van der Waals surface area (Å²) in [7, 11) is 2.20. The fourth-order valence-electron chi connectivity index (χ4n) is 3.04. The summed E-state index contributed by atoms with van der Waals surface area (Å²) in [6.45, 7) is 5.92. The second-order valence-electron chi connectivity index (χ2n) is 6.13. The minimum atomic E-state index is 0.313. The van der Waals surface area contributed by atoms with Crippen molar-refractivity contribution in [3.05, 3.63) is 48.3 Å². The second kappa shape index (κ2) is 6.99. The predicted octanol–water partition coefficient (Wildman–Crippen LogP) is 2.36. The lowest BCUT2D eigenvalue weighted by Gasteiger charge is -2.32. The highest BCUT2D eigenvalue weighted by atomic mass is 16.3. The van der Waals surface area contributed by atoms with Gasteiger partial charge in [-0.25, -0.2) is 0 Å². The van der Waals surface area contributed by atoms with Crippen LogP contribution >= 0.6 is 0 Å². The first-order chi connectivity index (χ1) is 10.7. The zero-order valence-corrected chi connectivity index (χ0v) is 13.3. The molecule has 1 fully saturated rings. The van der Waals surface area contributed by atoms with E-state index in [9.17, 15) is 5.11 Å². The first-order valence-corrected chi connectivity index (χ1v) is 8.09. The Labute approximate surface area is 132 Å². The van der Waals surface area contributed by atoms with Gasteiger partial charge in [0.2, 0.25) is 0 Å². The quantitative estimate of drug-likeness (QED) is 0.920. The Morgan fingerprint density at radius 1 is 1.00 bits per heavy atom. The Morgan fingerprint density at radius 2 is 1.73 bits per heavy atom. The van der Waals surface area contributed by atoms with Crippen LogP contribution in [0.25, 0.3) is 5.69 Å². The highest BCUT2D eigenvalue weighted by Crippen LogP contribution is 2.17. The van der Waals surface area contributed by atoms with Crippen LogP contribution in [0.3, 0.4) is 0 Å². The summed E-state index contributed by atoms with van der Waals surface area (Å²) < 4.78 is 2.21. The fourth-order valence-corrected chi connectivity index (χ4v) is 3.04. The van der Waals surface area contributed by atoms with Gasteiger partial charge in [0.25, 0.3) is 0 Å². The van der Waals surface area contributed by atoms with Crippen LogP contribution in [0.2, 0.25) is 0 Å². The molecule has 0 aliphatic carbocycles. The largest absolute Gasteiger partial charge is 0.508 e. The predicted molar refractivity (Wildman–Crippen MR) is 89.7 cm³/mol. The third-order valence-electron chi connectivity index (χ3n) is 4.46. The van der Waals surface area contributed by atoms with Crippen molar-refractivity contribution in [1.82, 2.24) is 14.4 Å². The van der Waals surface area contributed by atoms with E-state index in [-0.39, 0.29) is 0 Å². The Bertz CT molecular complexity index is 583. The molecule has 0 bridgehead atoms. The van der Waals surface area contributed by atoms with Crippen molar-refractivity contribution in [1.29, 1.82) is 0 Å². The summed E-state index contributed by atoms with van der Waals surface area (Å²) in [5, 5.41) is 9.41. The molecule has 4 heteroatoms. The molecular formula is C18H25N3O. The number of piperazine rings is 1. The minimum absolute atomic E-state index is 0.313. The average Bonchev–Trinajstić information content (AvgIpc) is 2.98. The molecule has 2 aromatic rings. The number of phenols is 1. The summed E-state index contributed by atoms with van der Waals surface area (Å²) >= 11 is 0. The summed E-state index contributed by atoms with van der Waals surface area (Å²) in [6.07, 6.45) is 4.36. The number of likely N-dealkylation sites (N-methyl/N-ethyl adjacent to an activating group) is 1. The van der Waals surface area contributed by atoms with Crippen LogP contribution in [0.5, 0.6) is 5.75 Å². The van der Waals surface area contributed by atoms with Gasteiger partial charge >= 0.3 is 0 Å². The number of hydrogen-bond acceptors (Lipinski definition) is 3. The van der Waals surface area contributed by atoms with Crippen LogP contribution in [0, 0.1) is 0 Å². The van der Waals surface area contributed by atoms with Gasteiger partial charge in [-0.05, 0) is 62.8 Å². The highest BCUT2D eigenvalue weighted by molar-refractivity contribution is 5.39. The molecule has 0 atom stereocenters. The first kappa shape index (κ1) is 15.1. The zero-order valence-electron chi connectivity index (χ0n) is 13.3. The lowest BCUT2D eigenvalue weighted by atomic mass is 10.2. The average molecular weight is 299 g/mol. The molecule has 4 nitrogen and oxygen atoms in total. The van der Waals surface area contributed by atoms with Crippen LogP contribution < -0.4 is 0 Å². The maximum Gasteiger partial charge on any atom is 0.115 e. The van der Waals surface area contributed by atoms with E-state index in [2.05, 4.69) is 39.7 Å². The van der Waals surface area contributed by atoms with Crippen molar-refractivity contribution in [2.75, 3.05) is 39.8 Å². The molecule has 0 spiro atoms. The summed E-state index contributed by atoms with van der Waals surface area (Å²) in [5.41, 5.74) is 2.44. The Kier molecular flexibility index (Phi) is 4.80. The van der Waals surface area contributed by atoms with Crippen LogP contribution in [0.15, 0.2) is 42.6 Å². The normalized spacial score (nSPS) is 17.0. The molecule has 1 N–H and O–H groups in total. The molecule has 2 heterocycles. The van der Waals surface area contributed by atoms with E-state index in [4.69, 9.17) is 0 Å². The van der Waals surface area contributed by atoms with Gasteiger partial charge in [0.15, 0.2) is 0 Å².